The molecule has 0 spiro atoms. The number of carboxylic acid groups (broad SMARTS) is 1. The molecule has 1 aliphatic carbocycles. The van der Waals surface area contributed by atoms with E-state index in [-0.39, 0.29) is 17.0 Å². The average Bonchev–Trinajstić information content (AvgIpc) is 2.71. The lowest BCUT2D eigenvalue weighted by atomic mass is 9.70. The van der Waals surface area contributed by atoms with Gasteiger partial charge in [0.2, 0.25) is 0 Å². The van der Waals surface area contributed by atoms with Crippen LogP contribution in [0.15, 0.2) is 23.4 Å². The van der Waals surface area contributed by atoms with Crippen molar-refractivity contribution in [3.8, 4) is 0 Å². The summed E-state index contributed by atoms with van der Waals surface area (Å²) >= 11 is 1.19. The molecular formula is C15H17FN2O2S. The minimum Gasteiger partial charge on any atom is -0.481 e. The van der Waals surface area contributed by atoms with E-state index in [1.807, 2.05) is 4.57 Å². The number of rotatable bonds is 5. The van der Waals surface area contributed by atoms with E-state index >= 15 is 0 Å². The lowest BCUT2D eigenvalue weighted by molar-refractivity contribution is -0.133. The third-order valence-corrected chi connectivity index (χ3v) is 5.06. The molecule has 0 amide bonds. The smallest absolute Gasteiger partial charge is 0.313 e. The summed E-state index contributed by atoms with van der Waals surface area (Å²) in [4.78, 5) is 15.2. The second-order valence-corrected chi connectivity index (χ2v) is 6.90. The Balaban J connectivity index is 1.99. The molecule has 1 aromatic carbocycles. The molecule has 1 aromatic heterocycles. The van der Waals surface area contributed by atoms with Gasteiger partial charge in [0.1, 0.15) is 5.82 Å². The molecule has 1 saturated carbocycles. The molecule has 4 nitrogen and oxygen atoms in total. The summed E-state index contributed by atoms with van der Waals surface area (Å²) in [6.07, 6.45) is 3.56. The molecule has 112 valence electrons. The molecule has 0 bridgehead atoms. The molecule has 0 radical (unpaired) electrons. The minimum absolute atomic E-state index is 0.0392. The standard InChI is InChI=1S/C15H17FN2O2S/c1-15(5-2-6-15)9-18-12-4-3-10(16)7-11(12)17-14(18)21-8-13(19)20/h3-4,7H,2,5-6,8-9H2,1H3,(H,19,20). The first kappa shape index (κ1) is 14.4. The number of fused-ring (bicyclic) bond motifs is 1. The Labute approximate surface area is 126 Å². The lowest BCUT2D eigenvalue weighted by Crippen LogP contribution is -2.31. The van der Waals surface area contributed by atoms with E-state index in [0.717, 1.165) is 24.9 Å². The van der Waals surface area contributed by atoms with Crippen molar-refractivity contribution in [3.63, 3.8) is 0 Å². The van der Waals surface area contributed by atoms with Gasteiger partial charge in [-0.3, -0.25) is 4.79 Å². The van der Waals surface area contributed by atoms with Crippen LogP contribution in [0.1, 0.15) is 26.2 Å². The molecule has 1 aliphatic rings. The summed E-state index contributed by atoms with van der Waals surface area (Å²) in [6, 6.07) is 4.56. The van der Waals surface area contributed by atoms with Gasteiger partial charge in [0.05, 0.1) is 16.8 Å². The Morgan fingerprint density at radius 2 is 2.29 bits per heavy atom. The summed E-state index contributed by atoms with van der Waals surface area (Å²) in [5.74, 6) is -1.24. The molecule has 0 atom stereocenters. The van der Waals surface area contributed by atoms with E-state index in [4.69, 9.17) is 5.11 Å². The number of carboxylic acids is 1. The third kappa shape index (κ3) is 2.90. The molecule has 6 heteroatoms. The Morgan fingerprint density at radius 1 is 1.52 bits per heavy atom. The molecular weight excluding hydrogens is 291 g/mol. The van der Waals surface area contributed by atoms with Gasteiger partial charge in [0, 0.05) is 12.6 Å². The molecule has 3 rings (SSSR count). The highest BCUT2D eigenvalue weighted by Gasteiger charge is 2.33. The van der Waals surface area contributed by atoms with E-state index in [1.165, 1.54) is 30.3 Å². The number of hydrogen-bond donors (Lipinski definition) is 1. The van der Waals surface area contributed by atoms with Gasteiger partial charge >= 0.3 is 5.97 Å². The van der Waals surface area contributed by atoms with Crippen molar-refractivity contribution < 1.29 is 14.3 Å². The number of benzene rings is 1. The largest absolute Gasteiger partial charge is 0.481 e. The minimum atomic E-state index is -0.875. The molecule has 0 aliphatic heterocycles. The Hall–Kier alpha value is -1.56. The highest BCUT2D eigenvalue weighted by Crippen LogP contribution is 2.43. The second-order valence-electron chi connectivity index (χ2n) is 5.96. The van der Waals surface area contributed by atoms with Crippen LogP contribution in [0.25, 0.3) is 11.0 Å². The Morgan fingerprint density at radius 3 is 2.90 bits per heavy atom. The Kier molecular flexibility index (Phi) is 3.65. The first-order valence-corrected chi connectivity index (χ1v) is 7.96. The van der Waals surface area contributed by atoms with Crippen LogP contribution in [0.2, 0.25) is 0 Å². The van der Waals surface area contributed by atoms with Gasteiger partial charge in [0.15, 0.2) is 5.16 Å². The average molecular weight is 308 g/mol. The van der Waals surface area contributed by atoms with Crippen LogP contribution in [0.5, 0.6) is 0 Å². The summed E-state index contributed by atoms with van der Waals surface area (Å²) < 4.78 is 15.4. The first-order valence-electron chi connectivity index (χ1n) is 6.97. The monoisotopic (exact) mass is 308 g/mol. The summed E-state index contributed by atoms with van der Waals surface area (Å²) in [5.41, 5.74) is 1.70. The van der Waals surface area contributed by atoms with E-state index in [0.29, 0.717) is 10.7 Å². The van der Waals surface area contributed by atoms with Crippen LogP contribution >= 0.6 is 11.8 Å². The fraction of sp³-hybridized carbons (Fsp3) is 0.467. The van der Waals surface area contributed by atoms with Gasteiger partial charge in [-0.2, -0.15) is 0 Å². The quantitative estimate of drug-likeness (QED) is 0.858. The maximum Gasteiger partial charge on any atom is 0.313 e. The van der Waals surface area contributed by atoms with E-state index in [9.17, 15) is 9.18 Å². The van der Waals surface area contributed by atoms with Gasteiger partial charge in [-0.05, 0) is 30.4 Å². The normalized spacial score (nSPS) is 16.9. The van der Waals surface area contributed by atoms with Crippen molar-refractivity contribution in [1.29, 1.82) is 0 Å². The Bertz CT molecular complexity index is 694. The summed E-state index contributed by atoms with van der Waals surface area (Å²) in [6.45, 7) is 3.04. The number of thioether (sulfide) groups is 1. The van der Waals surface area contributed by atoms with Crippen LogP contribution in [0.3, 0.4) is 0 Å². The maximum atomic E-state index is 13.4. The predicted molar refractivity (Wildman–Crippen MR) is 80.0 cm³/mol. The number of nitrogens with zero attached hydrogens (tertiary/aromatic N) is 2. The molecule has 2 aromatic rings. The van der Waals surface area contributed by atoms with Crippen molar-refractivity contribution >= 4 is 28.8 Å². The predicted octanol–water partition coefficient (Wildman–Crippen LogP) is 3.54. The number of aliphatic carboxylic acids is 1. The van der Waals surface area contributed by atoms with Crippen LogP contribution in [0.4, 0.5) is 4.39 Å². The van der Waals surface area contributed by atoms with Crippen LogP contribution in [-0.4, -0.2) is 26.4 Å². The number of carbonyl (C=O) groups is 1. The van der Waals surface area contributed by atoms with Gasteiger partial charge in [-0.15, -0.1) is 0 Å². The zero-order valence-electron chi connectivity index (χ0n) is 11.8. The molecule has 0 unspecified atom stereocenters. The molecule has 1 N–H and O–H groups in total. The SMILES string of the molecule is CC1(Cn2c(SCC(=O)O)nc3cc(F)ccc32)CCC1. The van der Waals surface area contributed by atoms with E-state index in [1.54, 1.807) is 6.07 Å². The van der Waals surface area contributed by atoms with Gasteiger partial charge in [-0.25, -0.2) is 9.37 Å². The van der Waals surface area contributed by atoms with Crippen molar-refractivity contribution in [3.05, 3.63) is 24.0 Å². The fourth-order valence-electron chi connectivity index (χ4n) is 2.79. The van der Waals surface area contributed by atoms with Crippen molar-refractivity contribution in [1.82, 2.24) is 9.55 Å². The van der Waals surface area contributed by atoms with Crippen molar-refractivity contribution in [2.45, 2.75) is 37.9 Å². The topological polar surface area (TPSA) is 55.1 Å². The zero-order chi connectivity index (χ0) is 15.0. The third-order valence-electron chi connectivity index (χ3n) is 4.10. The van der Waals surface area contributed by atoms with Crippen LogP contribution in [0, 0.1) is 11.2 Å². The maximum absolute atomic E-state index is 13.4. The zero-order valence-corrected chi connectivity index (χ0v) is 12.6. The first-order chi connectivity index (χ1) is 9.97. The van der Waals surface area contributed by atoms with Crippen molar-refractivity contribution in [2.75, 3.05) is 5.75 Å². The van der Waals surface area contributed by atoms with Gasteiger partial charge in [0.25, 0.3) is 0 Å². The highest BCUT2D eigenvalue weighted by atomic mass is 32.2. The fourth-order valence-corrected chi connectivity index (χ4v) is 3.52. The van der Waals surface area contributed by atoms with Gasteiger partial charge in [-0.1, -0.05) is 25.1 Å². The number of imidazole rings is 1. The number of hydrogen-bond acceptors (Lipinski definition) is 3. The van der Waals surface area contributed by atoms with Crippen LogP contribution in [-0.2, 0) is 11.3 Å². The summed E-state index contributed by atoms with van der Waals surface area (Å²) in [5, 5.41) is 9.52. The van der Waals surface area contributed by atoms with E-state index < -0.39 is 5.97 Å². The number of halogens is 1. The van der Waals surface area contributed by atoms with E-state index in [2.05, 4.69) is 11.9 Å². The van der Waals surface area contributed by atoms with Crippen molar-refractivity contribution in [2.24, 2.45) is 5.41 Å². The highest BCUT2D eigenvalue weighted by molar-refractivity contribution is 7.99. The molecule has 0 saturated heterocycles. The van der Waals surface area contributed by atoms with Gasteiger partial charge < -0.3 is 9.67 Å². The molecule has 1 heterocycles. The second kappa shape index (κ2) is 5.33. The lowest BCUT2D eigenvalue weighted by Gasteiger charge is -2.39. The molecule has 1 fully saturated rings. The molecule has 21 heavy (non-hydrogen) atoms. The summed E-state index contributed by atoms with van der Waals surface area (Å²) in [7, 11) is 0. The van der Waals surface area contributed by atoms with Crippen LogP contribution < -0.4 is 0 Å². The number of aromatic nitrogens is 2.